The van der Waals surface area contributed by atoms with E-state index in [2.05, 4.69) is 193 Å². The van der Waals surface area contributed by atoms with E-state index in [0.717, 1.165) is 102 Å². The van der Waals surface area contributed by atoms with Gasteiger partial charge in [-0.3, -0.25) is 19.2 Å². The van der Waals surface area contributed by atoms with Gasteiger partial charge in [-0.15, -0.1) is 0 Å². The van der Waals surface area contributed by atoms with Crippen LogP contribution in [0.15, 0.2) is 292 Å². The van der Waals surface area contributed by atoms with Crippen LogP contribution in [-0.2, 0) is 61.7 Å². The second kappa shape index (κ2) is 41.4. The van der Waals surface area contributed by atoms with Crippen LogP contribution in [0.3, 0.4) is 0 Å². The topological polar surface area (TPSA) is 240 Å². The van der Waals surface area contributed by atoms with Crippen molar-refractivity contribution < 1.29 is 134 Å². The molecule has 15 aromatic rings. The molecule has 3 amide bonds. The summed E-state index contributed by atoms with van der Waals surface area (Å²) in [7, 11) is 0. The van der Waals surface area contributed by atoms with Crippen molar-refractivity contribution in [3.05, 3.63) is 342 Å². The van der Waals surface area contributed by atoms with Gasteiger partial charge in [0.2, 0.25) is 17.7 Å². The Balaban J connectivity index is 0.000000185. The summed E-state index contributed by atoms with van der Waals surface area (Å²) >= 11 is 3.41. The molecular weight excluding hydrogens is 1440 g/mol. The third-order valence-electron chi connectivity index (χ3n) is 16.9. The molecule has 0 atom stereocenters. The van der Waals surface area contributed by atoms with Gasteiger partial charge in [-0.1, -0.05) is 216 Å². The van der Waals surface area contributed by atoms with Gasteiger partial charge in [0.1, 0.15) is 17.5 Å². The molecule has 6 heterocycles. The standard InChI is InChI=1S/2C28H24N4O.C20H16N4O.C8H9Br.CH2O3.2K.H/c1-20-8-5-6-11-23(20)18-32-19-29-25-17-22(14-15-26(25)32)24-12-7-13-27(30-24)31-28(33)16-21-9-3-2-4-10-21;1-20-8-5-6-11-23(20)18-32-19-29-25-15-14-22(17-26(25)32)24-12-7-13-27(30-24)31-28(33)16-21-9-3-2-4-10-21;25-20(11-14-5-2-1-3-6-14)24-19-8-4-7-16(23-19)15-9-10-17-18(12-15)22-13-21-17;1-7-4-2-3-5-8(7)6-9;2-1-4-3;;;/h2*2-15,17,19H,16,18H2,1H3,(H,30,31,33);1-10,12-13H,11H2,(H,21,22)(H,23,24,25);2-5H,6H2,1H3;1,3H;;;/q;;;;;2*+1;-1/p-1. The minimum atomic E-state index is -0.181. The number of alkyl halides is 1. The molecule has 0 fully saturated rings. The molecule has 18 nitrogen and oxygen atoms in total. The first-order valence-electron chi connectivity index (χ1n) is 33.5. The number of amides is 3. The van der Waals surface area contributed by atoms with Crippen LogP contribution in [0, 0.1) is 20.8 Å². The van der Waals surface area contributed by atoms with E-state index in [0.29, 0.717) is 36.7 Å². The van der Waals surface area contributed by atoms with Gasteiger partial charge in [-0.05, 0) is 144 Å². The van der Waals surface area contributed by atoms with Crippen LogP contribution in [0.2, 0.25) is 0 Å². The smallest absolute Gasteiger partial charge is 1.00 e. The predicted molar refractivity (Wildman–Crippen MR) is 414 cm³/mol. The van der Waals surface area contributed by atoms with Gasteiger partial charge >= 0.3 is 103 Å². The number of halogens is 1. The van der Waals surface area contributed by atoms with Crippen molar-refractivity contribution in [2.45, 2.75) is 58.5 Å². The molecule has 0 aliphatic heterocycles. The summed E-state index contributed by atoms with van der Waals surface area (Å²) in [6.07, 6.45) is 6.39. The summed E-state index contributed by atoms with van der Waals surface area (Å²) in [5.74, 6) is 1.37. The van der Waals surface area contributed by atoms with Crippen molar-refractivity contribution in [3.8, 4) is 33.8 Å². The number of benzene rings is 9. The van der Waals surface area contributed by atoms with E-state index in [9.17, 15) is 14.4 Å². The first kappa shape index (κ1) is 80.5. The molecule has 0 spiro atoms. The second-order valence-corrected chi connectivity index (χ2v) is 24.8. The zero-order chi connectivity index (χ0) is 72.4. The van der Waals surface area contributed by atoms with E-state index in [4.69, 9.17) is 10.1 Å². The summed E-state index contributed by atoms with van der Waals surface area (Å²) in [5, 5.41) is 18.1. The van der Waals surface area contributed by atoms with Crippen LogP contribution in [0.4, 0.5) is 17.5 Å². The van der Waals surface area contributed by atoms with E-state index >= 15 is 0 Å². The summed E-state index contributed by atoms with van der Waals surface area (Å²) < 4.78 is 4.32. The third kappa shape index (κ3) is 23.5. The number of hydrogen-bond acceptors (Lipinski definition) is 12. The Morgan fingerprint density at radius 2 is 0.811 bits per heavy atom. The minimum absolute atomic E-state index is 0. The van der Waals surface area contributed by atoms with Crippen molar-refractivity contribution in [2.75, 3.05) is 16.0 Å². The Hall–Kier alpha value is -9.57. The van der Waals surface area contributed by atoms with Crippen molar-refractivity contribution in [1.82, 2.24) is 44.0 Å². The SMILES string of the molecule is Cc1ccccc1CBr.Cc1ccccc1Cn1cnc2cc(-c3cccc(NC(=O)Cc4ccccc4)n3)ccc21.Cc1ccccc1Cn1cnc2ccc(-c3cccc(NC(=O)Cc4ccccc4)n3)cc21.O=C(Cc1ccccc1)Nc1cccc(-c2ccc3nc[nH]c3c2)n1.O=CO[O-].[H-].[K+].[K+]. The normalized spacial score (nSPS) is 10.3. The summed E-state index contributed by atoms with van der Waals surface area (Å²) in [6, 6.07) is 89.4. The summed E-state index contributed by atoms with van der Waals surface area (Å²) in [5.41, 5.74) is 21.9. The van der Waals surface area contributed by atoms with Crippen LogP contribution >= 0.6 is 15.9 Å². The molecule has 106 heavy (non-hydrogen) atoms. The number of aromatic nitrogens is 9. The average molecular weight is 1520 g/mol. The second-order valence-electron chi connectivity index (χ2n) is 24.2. The van der Waals surface area contributed by atoms with E-state index < -0.39 is 0 Å². The number of nitrogens with one attached hydrogen (secondary N) is 4. The van der Waals surface area contributed by atoms with Gasteiger partial charge in [0, 0.05) is 35.1 Å². The number of carbonyl (C=O) groups excluding carboxylic acids is 4. The molecule has 0 bridgehead atoms. The molecule has 4 N–H and O–H groups in total. The van der Waals surface area contributed by atoms with E-state index in [1.54, 1.807) is 12.4 Å². The maximum atomic E-state index is 12.5. The maximum absolute atomic E-state index is 12.5. The Morgan fingerprint density at radius 3 is 1.24 bits per heavy atom. The van der Waals surface area contributed by atoms with Crippen LogP contribution in [0.1, 0.15) is 51.5 Å². The number of pyridine rings is 3. The van der Waals surface area contributed by atoms with Crippen molar-refractivity contribution >= 4 is 90.7 Å². The molecule has 21 heteroatoms. The molecule has 0 aliphatic rings. The third-order valence-corrected chi connectivity index (χ3v) is 17.5. The first-order chi connectivity index (χ1) is 50.8. The Kier molecular flexibility index (Phi) is 31.4. The van der Waals surface area contributed by atoms with Gasteiger partial charge in [0.05, 0.1) is 88.4 Å². The predicted octanol–water partition coefficient (Wildman–Crippen LogP) is 10.5. The number of aryl methyl sites for hydroxylation is 3. The van der Waals surface area contributed by atoms with E-state index in [1.807, 2.05) is 189 Å². The molecular formula is C85H75BrK2N12O6. The monoisotopic (exact) mass is 1520 g/mol. The molecule has 0 saturated heterocycles. The number of H-pyrrole nitrogens is 1. The fourth-order valence-corrected chi connectivity index (χ4v) is 12.0. The zero-order valence-corrected chi connectivity index (χ0v) is 67.3. The Morgan fingerprint density at radius 1 is 0.434 bits per heavy atom. The van der Waals surface area contributed by atoms with Crippen LogP contribution < -0.4 is 124 Å². The molecule has 520 valence electrons. The largest absolute Gasteiger partial charge is 1.00 e. The molecule has 9 aromatic carbocycles. The van der Waals surface area contributed by atoms with Crippen LogP contribution in [0.25, 0.3) is 66.9 Å². The average Bonchev–Trinajstić information content (AvgIpc) is 1.68. The van der Waals surface area contributed by atoms with Gasteiger partial charge in [0.15, 0.2) is 0 Å². The van der Waals surface area contributed by atoms with Crippen LogP contribution in [-0.4, -0.2) is 68.2 Å². The summed E-state index contributed by atoms with van der Waals surface area (Å²) in [4.78, 5) is 78.7. The maximum Gasteiger partial charge on any atom is 1.00 e. The van der Waals surface area contributed by atoms with Crippen molar-refractivity contribution in [1.29, 1.82) is 0 Å². The van der Waals surface area contributed by atoms with Crippen molar-refractivity contribution in [3.63, 3.8) is 0 Å². The fraction of sp³-hybridized carbons (Fsp3) is 0.106. The molecule has 15 rings (SSSR count). The number of aromatic amines is 1. The fourth-order valence-electron chi connectivity index (χ4n) is 11.4. The molecule has 6 aromatic heterocycles. The number of nitrogens with zero attached hydrogens (tertiary/aromatic N) is 8. The van der Waals surface area contributed by atoms with Gasteiger partial charge in [0.25, 0.3) is 6.47 Å². The first-order valence-corrected chi connectivity index (χ1v) is 34.7. The van der Waals surface area contributed by atoms with Gasteiger partial charge in [-0.25, -0.2) is 29.9 Å². The number of anilines is 3. The summed E-state index contributed by atoms with van der Waals surface area (Å²) in [6.45, 7) is 7.74. The van der Waals surface area contributed by atoms with Gasteiger partial charge < -0.3 is 41.6 Å². The Labute approximate surface area is 710 Å². The molecule has 0 aliphatic carbocycles. The number of fused-ring (bicyclic) bond motifs is 3. The van der Waals surface area contributed by atoms with E-state index in [1.165, 1.54) is 33.4 Å². The molecule has 0 unspecified atom stereocenters. The number of rotatable bonds is 18. The quantitative estimate of drug-likeness (QED) is 0.0206. The van der Waals surface area contributed by atoms with Gasteiger partial charge in [-0.2, -0.15) is 0 Å². The van der Waals surface area contributed by atoms with E-state index in [-0.39, 0.29) is 128 Å². The number of imidazole rings is 3. The molecule has 0 saturated carbocycles. The number of hydrogen-bond donors (Lipinski definition) is 4. The number of carbonyl (C=O) groups is 4. The Bertz CT molecular complexity index is 5380. The minimum Gasteiger partial charge on any atom is -1.00 e. The van der Waals surface area contributed by atoms with Crippen molar-refractivity contribution in [2.24, 2.45) is 0 Å². The molecule has 0 radical (unpaired) electrons. The zero-order valence-electron chi connectivity index (χ0n) is 60.4. The van der Waals surface area contributed by atoms with Crippen LogP contribution in [0.5, 0.6) is 0 Å².